The third-order valence-electron chi connectivity index (χ3n) is 6.57. The molecule has 8 nitrogen and oxygen atoms in total. The summed E-state index contributed by atoms with van der Waals surface area (Å²) in [6, 6.07) is 3.32. The predicted molar refractivity (Wildman–Crippen MR) is 130 cm³/mol. The van der Waals surface area contributed by atoms with Crippen LogP contribution < -0.4 is 15.8 Å². The fraction of sp³-hybridized carbons (Fsp3) is 0.667. The number of rotatable bonds is 9. The highest BCUT2D eigenvalue weighted by Gasteiger charge is 2.27. The number of likely N-dealkylation sites (tertiary alicyclic amines) is 2. The molecule has 0 spiro atoms. The fourth-order valence-electron chi connectivity index (χ4n) is 4.62. The normalized spacial score (nSPS) is 18.3. The van der Waals surface area contributed by atoms with Crippen molar-refractivity contribution < 1.29 is 19.1 Å². The van der Waals surface area contributed by atoms with Gasteiger partial charge in [0.15, 0.2) is 0 Å². The maximum absolute atomic E-state index is 12.9. The number of nitrogens with one attached hydrogen (secondary N) is 1. The lowest BCUT2D eigenvalue weighted by Crippen LogP contribution is -2.47. The number of piperidine rings is 2. The van der Waals surface area contributed by atoms with Gasteiger partial charge in [0, 0.05) is 51.9 Å². The standard InChI is InChI=1S/C24H37ClN4O4/c1-3-33-22-15-21(26)20(25)14-19(22)24(31)27-18-6-9-28(10-7-18)16-17-4-11-29(12-5-17)23(30)8-13-32-2/h14-15,17-18H,3-13,16,26H2,1-2H3,(H,27,31). The Balaban J connectivity index is 1.42. The molecule has 184 valence electrons. The van der Waals surface area contributed by atoms with Gasteiger partial charge in [-0.3, -0.25) is 9.59 Å². The fourth-order valence-corrected chi connectivity index (χ4v) is 4.79. The van der Waals surface area contributed by atoms with Gasteiger partial charge in [-0.25, -0.2) is 0 Å². The first-order valence-corrected chi connectivity index (χ1v) is 12.3. The van der Waals surface area contributed by atoms with E-state index in [0.717, 1.165) is 58.4 Å². The lowest BCUT2D eigenvalue weighted by molar-refractivity contribution is -0.133. The molecular formula is C24H37ClN4O4. The van der Waals surface area contributed by atoms with Crippen LogP contribution >= 0.6 is 11.6 Å². The minimum absolute atomic E-state index is 0.125. The minimum Gasteiger partial charge on any atom is -0.493 e. The number of carbonyl (C=O) groups is 2. The second-order valence-corrected chi connectivity index (χ2v) is 9.33. The number of hydrogen-bond donors (Lipinski definition) is 2. The molecule has 9 heteroatoms. The van der Waals surface area contributed by atoms with Crippen molar-refractivity contribution in [3.63, 3.8) is 0 Å². The Morgan fingerprint density at radius 3 is 2.48 bits per heavy atom. The molecule has 0 radical (unpaired) electrons. The van der Waals surface area contributed by atoms with E-state index in [1.54, 1.807) is 19.2 Å². The van der Waals surface area contributed by atoms with Crippen LogP contribution in [0.15, 0.2) is 12.1 Å². The Bertz CT molecular complexity index is 806. The summed E-state index contributed by atoms with van der Waals surface area (Å²) in [7, 11) is 1.62. The van der Waals surface area contributed by atoms with Crippen LogP contribution in [0, 0.1) is 5.92 Å². The third kappa shape index (κ3) is 7.22. The lowest BCUT2D eigenvalue weighted by Gasteiger charge is -2.38. The van der Waals surface area contributed by atoms with Crippen molar-refractivity contribution >= 4 is 29.1 Å². The topological polar surface area (TPSA) is 97.1 Å². The molecular weight excluding hydrogens is 444 g/mol. The Kier molecular flexibility index (Phi) is 9.64. The largest absolute Gasteiger partial charge is 0.493 e. The van der Waals surface area contributed by atoms with Crippen molar-refractivity contribution in [2.45, 2.75) is 45.1 Å². The van der Waals surface area contributed by atoms with Gasteiger partial charge in [0.05, 0.1) is 35.9 Å². The highest BCUT2D eigenvalue weighted by Crippen LogP contribution is 2.29. The van der Waals surface area contributed by atoms with E-state index >= 15 is 0 Å². The molecule has 2 saturated heterocycles. The van der Waals surface area contributed by atoms with Crippen molar-refractivity contribution in [3.05, 3.63) is 22.7 Å². The van der Waals surface area contributed by atoms with Crippen molar-refractivity contribution in [3.8, 4) is 5.75 Å². The number of nitrogens with two attached hydrogens (primary N) is 1. The van der Waals surface area contributed by atoms with E-state index in [-0.39, 0.29) is 17.9 Å². The summed E-state index contributed by atoms with van der Waals surface area (Å²) in [5, 5.41) is 3.49. The van der Waals surface area contributed by atoms with E-state index in [1.807, 2.05) is 11.8 Å². The monoisotopic (exact) mass is 480 g/mol. The molecule has 0 atom stereocenters. The maximum Gasteiger partial charge on any atom is 0.255 e. The SMILES string of the molecule is CCOc1cc(N)c(Cl)cc1C(=O)NC1CCN(CC2CCN(C(=O)CCOC)CC2)CC1. The first kappa shape index (κ1) is 25.6. The highest BCUT2D eigenvalue weighted by molar-refractivity contribution is 6.33. The smallest absolute Gasteiger partial charge is 0.255 e. The summed E-state index contributed by atoms with van der Waals surface area (Å²) < 4.78 is 10.6. The van der Waals surface area contributed by atoms with Crippen LogP contribution in [-0.4, -0.2) is 80.7 Å². The van der Waals surface area contributed by atoms with Crippen molar-refractivity contribution in [2.75, 3.05) is 58.8 Å². The zero-order chi connectivity index (χ0) is 23.8. The number of halogens is 1. The number of nitrogens with zero attached hydrogens (tertiary/aromatic N) is 2. The zero-order valence-electron chi connectivity index (χ0n) is 19.8. The van der Waals surface area contributed by atoms with Gasteiger partial charge in [-0.1, -0.05) is 11.6 Å². The van der Waals surface area contributed by atoms with Crippen LogP contribution in [0.3, 0.4) is 0 Å². The predicted octanol–water partition coefficient (Wildman–Crippen LogP) is 2.79. The number of amides is 2. The van der Waals surface area contributed by atoms with Crippen LogP contribution in [0.1, 0.15) is 49.4 Å². The van der Waals surface area contributed by atoms with E-state index in [2.05, 4.69) is 10.2 Å². The Morgan fingerprint density at radius 2 is 1.85 bits per heavy atom. The molecule has 1 aromatic carbocycles. The van der Waals surface area contributed by atoms with Gasteiger partial charge in [-0.05, 0) is 44.6 Å². The molecule has 1 aromatic rings. The summed E-state index contributed by atoms with van der Waals surface area (Å²) in [4.78, 5) is 29.5. The lowest BCUT2D eigenvalue weighted by atomic mass is 9.94. The molecule has 2 aliphatic rings. The van der Waals surface area contributed by atoms with Gasteiger partial charge in [-0.15, -0.1) is 0 Å². The molecule has 2 fully saturated rings. The van der Waals surface area contributed by atoms with Crippen LogP contribution in [0.4, 0.5) is 5.69 Å². The molecule has 2 amide bonds. The summed E-state index contributed by atoms with van der Waals surface area (Å²) in [5.41, 5.74) is 6.68. The second-order valence-electron chi connectivity index (χ2n) is 8.92. The Hall–Kier alpha value is -2.03. The number of ether oxygens (including phenoxy) is 2. The van der Waals surface area contributed by atoms with Gasteiger partial charge >= 0.3 is 0 Å². The van der Waals surface area contributed by atoms with E-state index < -0.39 is 0 Å². The number of nitrogen functional groups attached to an aromatic ring is 1. The molecule has 3 rings (SSSR count). The third-order valence-corrected chi connectivity index (χ3v) is 6.90. The van der Waals surface area contributed by atoms with Crippen molar-refractivity contribution in [2.24, 2.45) is 5.92 Å². The van der Waals surface area contributed by atoms with Gasteiger partial charge in [-0.2, -0.15) is 0 Å². The average Bonchev–Trinajstić information content (AvgIpc) is 2.81. The zero-order valence-corrected chi connectivity index (χ0v) is 20.5. The summed E-state index contributed by atoms with van der Waals surface area (Å²) in [6.45, 7) is 7.45. The van der Waals surface area contributed by atoms with Crippen LogP contribution in [-0.2, 0) is 9.53 Å². The average molecular weight is 481 g/mol. The number of anilines is 1. The van der Waals surface area contributed by atoms with Gasteiger partial charge in [0.2, 0.25) is 5.91 Å². The van der Waals surface area contributed by atoms with E-state index in [9.17, 15) is 9.59 Å². The number of methoxy groups -OCH3 is 1. The number of hydrogen-bond acceptors (Lipinski definition) is 6. The molecule has 0 aromatic heterocycles. The van der Waals surface area contributed by atoms with Crippen LogP contribution in [0.2, 0.25) is 5.02 Å². The minimum atomic E-state index is -0.177. The summed E-state index contributed by atoms with van der Waals surface area (Å²) in [5.74, 6) is 1.10. The molecule has 0 bridgehead atoms. The van der Waals surface area contributed by atoms with Gasteiger partial charge < -0.3 is 30.3 Å². The molecule has 33 heavy (non-hydrogen) atoms. The molecule has 3 N–H and O–H groups in total. The summed E-state index contributed by atoms with van der Waals surface area (Å²) >= 11 is 6.14. The quantitative estimate of drug-likeness (QED) is 0.527. The highest BCUT2D eigenvalue weighted by atomic mass is 35.5. The van der Waals surface area contributed by atoms with Crippen LogP contribution in [0.25, 0.3) is 0 Å². The van der Waals surface area contributed by atoms with E-state index in [4.69, 9.17) is 26.8 Å². The molecule has 2 heterocycles. The Morgan fingerprint density at radius 1 is 1.15 bits per heavy atom. The number of benzene rings is 1. The van der Waals surface area contributed by atoms with Crippen molar-refractivity contribution in [1.82, 2.24) is 15.1 Å². The van der Waals surface area contributed by atoms with Gasteiger partial charge in [0.1, 0.15) is 5.75 Å². The number of carbonyl (C=O) groups excluding carboxylic acids is 2. The first-order chi connectivity index (χ1) is 15.9. The van der Waals surface area contributed by atoms with Gasteiger partial charge in [0.25, 0.3) is 5.91 Å². The van der Waals surface area contributed by atoms with Crippen molar-refractivity contribution in [1.29, 1.82) is 0 Å². The first-order valence-electron chi connectivity index (χ1n) is 11.9. The Labute approximate surface area is 201 Å². The molecule has 0 saturated carbocycles. The van der Waals surface area contributed by atoms with Crippen LogP contribution in [0.5, 0.6) is 5.75 Å². The second kappa shape index (κ2) is 12.4. The maximum atomic E-state index is 12.9. The molecule has 0 aliphatic carbocycles. The molecule has 2 aliphatic heterocycles. The summed E-state index contributed by atoms with van der Waals surface area (Å²) in [6.07, 6.45) is 4.38. The van der Waals surface area contributed by atoms with E-state index in [0.29, 0.717) is 47.6 Å². The van der Waals surface area contributed by atoms with E-state index in [1.165, 1.54) is 0 Å². The molecule has 0 unspecified atom stereocenters.